The summed E-state index contributed by atoms with van der Waals surface area (Å²) in [5.74, 6) is 0.624. The van der Waals surface area contributed by atoms with Gasteiger partial charge in [-0.05, 0) is 12.8 Å². The van der Waals surface area contributed by atoms with Crippen molar-refractivity contribution in [1.29, 1.82) is 0 Å². The number of hydrogen-bond acceptors (Lipinski definition) is 3. The Morgan fingerprint density at radius 2 is 2.06 bits per heavy atom. The highest BCUT2D eigenvalue weighted by Gasteiger charge is 2.27. The van der Waals surface area contributed by atoms with Gasteiger partial charge in [0.1, 0.15) is 6.04 Å². The standard InChI is InChI=1S/C13H25N3O2/c1-4-10(5-2)9-16(6-3)13(18)11-7-15-12(17)8-14-11/h10-11,14H,4-9H2,1-3H3,(H,15,17). The average Bonchev–Trinajstić information content (AvgIpc) is 2.40. The average molecular weight is 255 g/mol. The molecule has 18 heavy (non-hydrogen) atoms. The van der Waals surface area contributed by atoms with E-state index >= 15 is 0 Å². The smallest absolute Gasteiger partial charge is 0.241 e. The van der Waals surface area contributed by atoms with Crippen LogP contribution in [0.4, 0.5) is 0 Å². The van der Waals surface area contributed by atoms with Gasteiger partial charge in [-0.2, -0.15) is 0 Å². The fraction of sp³-hybridized carbons (Fsp3) is 0.846. The van der Waals surface area contributed by atoms with E-state index in [0.29, 0.717) is 12.5 Å². The Morgan fingerprint density at radius 3 is 2.50 bits per heavy atom. The Bertz CT molecular complexity index is 280. The maximum Gasteiger partial charge on any atom is 0.241 e. The lowest BCUT2D eigenvalue weighted by Crippen LogP contribution is -2.59. The molecule has 1 saturated heterocycles. The van der Waals surface area contributed by atoms with Crippen molar-refractivity contribution >= 4 is 11.8 Å². The van der Waals surface area contributed by atoms with Crippen LogP contribution in [0.15, 0.2) is 0 Å². The van der Waals surface area contributed by atoms with Gasteiger partial charge in [-0.25, -0.2) is 0 Å². The van der Waals surface area contributed by atoms with Crippen LogP contribution >= 0.6 is 0 Å². The minimum Gasteiger partial charge on any atom is -0.353 e. The van der Waals surface area contributed by atoms with Crippen molar-refractivity contribution in [3.63, 3.8) is 0 Å². The molecule has 0 radical (unpaired) electrons. The first-order valence-electron chi connectivity index (χ1n) is 6.91. The minimum absolute atomic E-state index is 0.0397. The van der Waals surface area contributed by atoms with Crippen LogP contribution in [0.5, 0.6) is 0 Å². The summed E-state index contributed by atoms with van der Waals surface area (Å²) in [7, 11) is 0. The second-order valence-corrected chi connectivity index (χ2v) is 4.80. The molecule has 1 rings (SSSR count). The summed E-state index contributed by atoms with van der Waals surface area (Å²) in [6.45, 7) is 8.49. The molecule has 0 aromatic rings. The highest BCUT2D eigenvalue weighted by atomic mass is 16.2. The third-order valence-corrected chi connectivity index (χ3v) is 3.64. The minimum atomic E-state index is -0.267. The molecule has 1 atom stereocenters. The molecule has 2 amide bonds. The van der Waals surface area contributed by atoms with Crippen molar-refractivity contribution in [2.45, 2.75) is 39.7 Å². The molecule has 5 heteroatoms. The summed E-state index contributed by atoms with van der Waals surface area (Å²) >= 11 is 0. The Morgan fingerprint density at radius 1 is 1.39 bits per heavy atom. The number of rotatable bonds is 6. The summed E-state index contributed by atoms with van der Waals surface area (Å²) in [6, 6.07) is -0.267. The Balaban J connectivity index is 2.53. The van der Waals surface area contributed by atoms with Crippen molar-refractivity contribution in [3.05, 3.63) is 0 Å². The van der Waals surface area contributed by atoms with Gasteiger partial charge in [0, 0.05) is 19.6 Å². The number of hydrogen-bond donors (Lipinski definition) is 2. The number of amides is 2. The van der Waals surface area contributed by atoms with E-state index in [2.05, 4.69) is 24.5 Å². The van der Waals surface area contributed by atoms with Crippen LogP contribution in [-0.4, -0.2) is 48.9 Å². The number of nitrogens with zero attached hydrogens (tertiary/aromatic N) is 1. The second kappa shape index (κ2) is 7.36. The van der Waals surface area contributed by atoms with Gasteiger partial charge in [-0.15, -0.1) is 0 Å². The van der Waals surface area contributed by atoms with E-state index in [1.165, 1.54) is 0 Å². The topological polar surface area (TPSA) is 61.4 Å². The van der Waals surface area contributed by atoms with Gasteiger partial charge in [-0.1, -0.05) is 26.7 Å². The van der Waals surface area contributed by atoms with E-state index in [9.17, 15) is 9.59 Å². The zero-order valence-electron chi connectivity index (χ0n) is 11.7. The van der Waals surface area contributed by atoms with Crippen molar-refractivity contribution in [1.82, 2.24) is 15.5 Å². The summed E-state index contributed by atoms with van der Waals surface area (Å²) in [4.78, 5) is 25.3. The quantitative estimate of drug-likeness (QED) is 0.720. The molecule has 0 aromatic heterocycles. The summed E-state index contributed by atoms with van der Waals surface area (Å²) in [5, 5.41) is 5.71. The van der Waals surface area contributed by atoms with Gasteiger partial charge in [0.2, 0.25) is 11.8 Å². The molecule has 1 unspecified atom stereocenters. The molecule has 1 fully saturated rings. The Labute approximate surface area is 109 Å². The molecule has 0 aromatic carbocycles. The number of likely N-dealkylation sites (N-methyl/N-ethyl adjacent to an activating group) is 1. The maximum absolute atomic E-state index is 12.3. The summed E-state index contributed by atoms with van der Waals surface area (Å²) in [5.41, 5.74) is 0. The lowest BCUT2D eigenvalue weighted by Gasteiger charge is -2.31. The van der Waals surface area contributed by atoms with Crippen LogP contribution in [0.1, 0.15) is 33.6 Å². The predicted molar refractivity (Wildman–Crippen MR) is 71.1 cm³/mol. The first-order valence-corrected chi connectivity index (χ1v) is 6.91. The zero-order chi connectivity index (χ0) is 13.5. The highest BCUT2D eigenvalue weighted by Crippen LogP contribution is 2.11. The third kappa shape index (κ3) is 3.98. The van der Waals surface area contributed by atoms with Crippen molar-refractivity contribution in [2.75, 3.05) is 26.2 Å². The molecular formula is C13H25N3O2. The molecule has 0 spiro atoms. The van der Waals surface area contributed by atoms with Gasteiger partial charge in [0.25, 0.3) is 0 Å². The van der Waals surface area contributed by atoms with Crippen LogP contribution < -0.4 is 10.6 Å². The monoisotopic (exact) mass is 255 g/mol. The molecule has 1 heterocycles. The molecule has 2 N–H and O–H groups in total. The van der Waals surface area contributed by atoms with Crippen LogP contribution in [0.25, 0.3) is 0 Å². The van der Waals surface area contributed by atoms with E-state index in [1.54, 1.807) is 0 Å². The fourth-order valence-corrected chi connectivity index (χ4v) is 2.19. The highest BCUT2D eigenvalue weighted by molar-refractivity contribution is 5.86. The Kier molecular flexibility index (Phi) is 6.12. The van der Waals surface area contributed by atoms with Crippen molar-refractivity contribution in [2.24, 2.45) is 5.92 Å². The van der Waals surface area contributed by atoms with Gasteiger partial charge in [0.05, 0.1) is 6.54 Å². The van der Waals surface area contributed by atoms with E-state index < -0.39 is 0 Å². The van der Waals surface area contributed by atoms with Crippen LogP contribution in [-0.2, 0) is 9.59 Å². The lowest BCUT2D eigenvalue weighted by atomic mass is 10.0. The molecular weight excluding hydrogens is 230 g/mol. The lowest BCUT2D eigenvalue weighted by molar-refractivity contribution is -0.135. The molecule has 104 valence electrons. The third-order valence-electron chi connectivity index (χ3n) is 3.64. The van der Waals surface area contributed by atoms with E-state index in [0.717, 1.165) is 25.9 Å². The van der Waals surface area contributed by atoms with Crippen LogP contribution in [0, 0.1) is 5.92 Å². The molecule has 0 saturated carbocycles. The number of piperazine rings is 1. The van der Waals surface area contributed by atoms with E-state index in [4.69, 9.17) is 0 Å². The summed E-state index contributed by atoms with van der Waals surface area (Å²) in [6.07, 6.45) is 2.18. The van der Waals surface area contributed by atoms with Gasteiger partial charge >= 0.3 is 0 Å². The first kappa shape index (κ1) is 15.0. The first-order chi connectivity index (χ1) is 8.62. The second-order valence-electron chi connectivity index (χ2n) is 4.80. The van der Waals surface area contributed by atoms with Gasteiger partial charge < -0.3 is 10.2 Å². The van der Waals surface area contributed by atoms with Crippen LogP contribution in [0.3, 0.4) is 0 Å². The largest absolute Gasteiger partial charge is 0.353 e. The van der Waals surface area contributed by atoms with Gasteiger partial charge in [-0.3, -0.25) is 14.9 Å². The van der Waals surface area contributed by atoms with Crippen molar-refractivity contribution < 1.29 is 9.59 Å². The predicted octanol–water partition coefficient (Wildman–Crippen LogP) is 0.359. The van der Waals surface area contributed by atoms with Gasteiger partial charge in [0.15, 0.2) is 0 Å². The molecule has 1 aliphatic rings. The van der Waals surface area contributed by atoms with Crippen LogP contribution in [0.2, 0.25) is 0 Å². The normalized spacial score (nSPS) is 19.8. The van der Waals surface area contributed by atoms with Crippen molar-refractivity contribution in [3.8, 4) is 0 Å². The van der Waals surface area contributed by atoms with E-state index in [-0.39, 0.29) is 24.4 Å². The molecule has 0 bridgehead atoms. The fourth-order valence-electron chi connectivity index (χ4n) is 2.19. The number of carbonyl (C=O) groups is 2. The maximum atomic E-state index is 12.3. The molecule has 5 nitrogen and oxygen atoms in total. The number of nitrogens with one attached hydrogen (secondary N) is 2. The zero-order valence-corrected chi connectivity index (χ0v) is 11.7. The molecule has 0 aliphatic carbocycles. The summed E-state index contributed by atoms with van der Waals surface area (Å²) < 4.78 is 0. The van der Waals surface area contributed by atoms with E-state index in [1.807, 2.05) is 11.8 Å². The number of carbonyl (C=O) groups excluding carboxylic acids is 2. The SMILES string of the molecule is CCC(CC)CN(CC)C(=O)C1CNC(=O)CN1. The Hall–Kier alpha value is -1.10. The molecule has 1 aliphatic heterocycles.